The Labute approximate surface area is 157 Å². The van der Waals surface area contributed by atoms with Crippen molar-refractivity contribution in [3.63, 3.8) is 0 Å². The van der Waals surface area contributed by atoms with Crippen molar-refractivity contribution in [3.8, 4) is 0 Å². The smallest absolute Gasteiger partial charge is 0.341 e. The summed E-state index contributed by atoms with van der Waals surface area (Å²) >= 11 is 0. The molecule has 0 aliphatic rings. The van der Waals surface area contributed by atoms with E-state index in [0.29, 0.717) is 12.5 Å². The summed E-state index contributed by atoms with van der Waals surface area (Å²) in [6.07, 6.45) is 13.9. The molecule has 0 N–H and O–H groups in total. The van der Waals surface area contributed by atoms with Gasteiger partial charge in [-0.2, -0.15) is 0 Å². The van der Waals surface area contributed by atoms with E-state index in [-0.39, 0.29) is 11.7 Å². The zero-order valence-corrected chi connectivity index (χ0v) is 16.4. The third-order valence-corrected chi connectivity index (χ3v) is 4.76. The number of carbonyl (C=O) groups is 1. The predicted octanol–water partition coefficient (Wildman–Crippen LogP) is 7.21. The van der Waals surface area contributed by atoms with Crippen molar-refractivity contribution in [2.24, 2.45) is 0 Å². The number of unbranched alkanes of at least 4 members (excludes halogenated alkanes) is 9. The van der Waals surface area contributed by atoms with Crippen LogP contribution in [0.15, 0.2) is 18.2 Å². The molecule has 0 saturated carbocycles. The zero-order chi connectivity index (χ0) is 19.2. The topological polar surface area (TPSA) is 26.3 Å². The third-order valence-electron chi connectivity index (χ3n) is 4.76. The summed E-state index contributed by atoms with van der Waals surface area (Å²) < 4.78 is 31.9. The number of hydrogen-bond acceptors (Lipinski definition) is 2. The van der Waals surface area contributed by atoms with Crippen LogP contribution in [0.2, 0.25) is 0 Å². The van der Waals surface area contributed by atoms with E-state index >= 15 is 0 Å². The Balaban J connectivity index is 2.17. The van der Waals surface area contributed by atoms with Crippen LogP contribution in [-0.2, 0) is 4.74 Å². The molecule has 0 aliphatic carbocycles. The molecule has 4 heteroatoms. The van der Waals surface area contributed by atoms with Crippen LogP contribution < -0.4 is 0 Å². The number of carbonyl (C=O) groups excluding carboxylic acids is 1. The van der Waals surface area contributed by atoms with Crippen LogP contribution in [0.25, 0.3) is 0 Å². The lowest BCUT2D eigenvalue weighted by atomic mass is 10.0. The van der Waals surface area contributed by atoms with Crippen molar-refractivity contribution in [3.05, 3.63) is 35.4 Å². The zero-order valence-electron chi connectivity index (χ0n) is 16.4. The molecule has 1 atom stereocenters. The second-order valence-electron chi connectivity index (χ2n) is 7.03. The van der Waals surface area contributed by atoms with Crippen LogP contribution in [-0.4, -0.2) is 12.1 Å². The highest BCUT2D eigenvalue weighted by atomic mass is 19.1. The second kappa shape index (κ2) is 13.7. The highest BCUT2D eigenvalue weighted by Crippen LogP contribution is 2.17. The molecule has 2 nitrogen and oxygen atoms in total. The summed E-state index contributed by atoms with van der Waals surface area (Å²) in [5.41, 5.74) is -0.201. The first kappa shape index (κ1) is 22.6. The molecule has 1 aromatic rings. The van der Waals surface area contributed by atoms with Crippen molar-refractivity contribution < 1.29 is 18.3 Å². The Kier molecular flexibility index (Phi) is 11.9. The predicted molar refractivity (Wildman–Crippen MR) is 102 cm³/mol. The van der Waals surface area contributed by atoms with Gasteiger partial charge in [-0.3, -0.25) is 0 Å². The monoisotopic (exact) mass is 368 g/mol. The molecule has 0 heterocycles. The number of hydrogen-bond donors (Lipinski definition) is 0. The van der Waals surface area contributed by atoms with E-state index in [1.807, 2.05) is 6.92 Å². The fourth-order valence-electron chi connectivity index (χ4n) is 3.08. The Morgan fingerprint density at radius 2 is 1.50 bits per heavy atom. The molecule has 0 aliphatic heterocycles. The van der Waals surface area contributed by atoms with Gasteiger partial charge in [0, 0.05) is 6.07 Å². The SMILES string of the molecule is CCCCCCCCCCCCC(CC)OC(=O)c1ccc(F)cc1F. The first-order valence-electron chi connectivity index (χ1n) is 10.2. The Bertz CT molecular complexity index is 517. The van der Waals surface area contributed by atoms with Crippen molar-refractivity contribution in [1.29, 1.82) is 0 Å². The van der Waals surface area contributed by atoms with Crippen LogP contribution in [0, 0.1) is 11.6 Å². The third kappa shape index (κ3) is 9.30. The van der Waals surface area contributed by atoms with Gasteiger partial charge >= 0.3 is 5.97 Å². The number of esters is 1. The largest absolute Gasteiger partial charge is 0.459 e. The maximum absolute atomic E-state index is 13.6. The van der Waals surface area contributed by atoms with Gasteiger partial charge in [0.1, 0.15) is 17.7 Å². The molecular weight excluding hydrogens is 334 g/mol. The minimum atomic E-state index is -0.871. The van der Waals surface area contributed by atoms with E-state index in [1.165, 1.54) is 51.4 Å². The molecule has 0 aromatic heterocycles. The van der Waals surface area contributed by atoms with Crippen molar-refractivity contribution in [2.75, 3.05) is 0 Å². The molecule has 0 fully saturated rings. The fourth-order valence-corrected chi connectivity index (χ4v) is 3.08. The lowest BCUT2D eigenvalue weighted by Gasteiger charge is -2.16. The summed E-state index contributed by atoms with van der Waals surface area (Å²) in [5.74, 6) is -2.28. The van der Waals surface area contributed by atoms with E-state index in [1.54, 1.807) is 0 Å². The Morgan fingerprint density at radius 3 is 2.04 bits per heavy atom. The molecule has 0 bridgehead atoms. The number of ether oxygens (including phenoxy) is 1. The van der Waals surface area contributed by atoms with E-state index in [4.69, 9.17) is 4.74 Å². The molecule has 0 amide bonds. The summed E-state index contributed by atoms with van der Waals surface area (Å²) in [6.45, 7) is 4.19. The van der Waals surface area contributed by atoms with Gasteiger partial charge < -0.3 is 4.74 Å². The van der Waals surface area contributed by atoms with E-state index in [2.05, 4.69) is 6.92 Å². The fraction of sp³-hybridized carbons (Fsp3) is 0.682. The summed E-state index contributed by atoms with van der Waals surface area (Å²) in [7, 11) is 0. The molecule has 1 unspecified atom stereocenters. The normalized spacial score (nSPS) is 12.2. The standard InChI is InChI=1S/C22H34F2O2/c1-3-5-6-7-8-9-10-11-12-13-14-19(4-2)26-22(25)20-16-15-18(23)17-21(20)24/h15-17,19H,3-14H2,1-2H3. The second-order valence-corrected chi connectivity index (χ2v) is 7.03. The van der Waals surface area contributed by atoms with Crippen molar-refractivity contribution in [1.82, 2.24) is 0 Å². The van der Waals surface area contributed by atoms with E-state index in [9.17, 15) is 13.6 Å². The maximum atomic E-state index is 13.6. The van der Waals surface area contributed by atoms with Gasteiger partial charge in [0.25, 0.3) is 0 Å². The van der Waals surface area contributed by atoms with Crippen LogP contribution in [0.5, 0.6) is 0 Å². The van der Waals surface area contributed by atoms with E-state index < -0.39 is 17.6 Å². The summed E-state index contributed by atoms with van der Waals surface area (Å²) in [6, 6.07) is 2.92. The van der Waals surface area contributed by atoms with Gasteiger partial charge in [-0.15, -0.1) is 0 Å². The molecule has 1 aromatic carbocycles. The average molecular weight is 369 g/mol. The number of halogens is 2. The quantitative estimate of drug-likeness (QED) is 0.256. The molecule has 148 valence electrons. The molecule has 1 rings (SSSR count). The lowest BCUT2D eigenvalue weighted by molar-refractivity contribution is 0.0261. The maximum Gasteiger partial charge on any atom is 0.341 e. The Morgan fingerprint density at radius 1 is 0.923 bits per heavy atom. The van der Waals surface area contributed by atoms with E-state index in [0.717, 1.165) is 31.4 Å². The minimum Gasteiger partial charge on any atom is -0.459 e. The minimum absolute atomic E-state index is 0.201. The van der Waals surface area contributed by atoms with Gasteiger partial charge in [-0.1, -0.05) is 71.6 Å². The summed E-state index contributed by atoms with van der Waals surface area (Å²) in [4.78, 5) is 12.0. The van der Waals surface area contributed by atoms with Gasteiger partial charge in [0.2, 0.25) is 0 Å². The van der Waals surface area contributed by atoms with Gasteiger partial charge in [0.15, 0.2) is 0 Å². The highest BCUT2D eigenvalue weighted by Gasteiger charge is 2.18. The van der Waals surface area contributed by atoms with Crippen molar-refractivity contribution >= 4 is 5.97 Å². The molecule has 26 heavy (non-hydrogen) atoms. The lowest BCUT2D eigenvalue weighted by Crippen LogP contribution is -2.18. The van der Waals surface area contributed by atoms with Gasteiger partial charge in [-0.05, 0) is 31.4 Å². The van der Waals surface area contributed by atoms with Crippen LogP contribution in [0.3, 0.4) is 0 Å². The molecular formula is C22H34F2O2. The number of rotatable bonds is 14. The first-order valence-corrected chi connectivity index (χ1v) is 10.2. The number of benzene rings is 1. The first-order chi connectivity index (χ1) is 12.6. The molecule has 0 saturated heterocycles. The Hall–Kier alpha value is -1.45. The molecule has 0 spiro atoms. The molecule has 0 radical (unpaired) electrons. The van der Waals surface area contributed by atoms with Crippen LogP contribution in [0.4, 0.5) is 8.78 Å². The van der Waals surface area contributed by atoms with Gasteiger partial charge in [-0.25, -0.2) is 13.6 Å². The van der Waals surface area contributed by atoms with Crippen LogP contribution >= 0.6 is 0 Å². The van der Waals surface area contributed by atoms with Gasteiger partial charge in [0.05, 0.1) is 5.56 Å². The van der Waals surface area contributed by atoms with Crippen LogP contribution in [0.1, 0.15) is 101 Å². The average Bonchev–Trinajstić information content (AvgIpc) is 2.62. The highest BCUT2D eigenvalue weighted by molar-refractivity contribution is 5.89. The summed E-state index contributed by atoms with van der Waals surface area (Å²) in [5, 5.41) is 0. The van der Waals surface area contributed by atoms with Crippen molar-refractivity contribution in [2.45, 2.75) is 97.0 Å².